The van der Waals surface area contributed by atoms with Gasteiger partial charge in [-0.15, -0.1) is 0 Å². The number of thioether (sulfide) groups is 1. The SMILES string of the molecule is O=C1CC(O)CN1CCSCc1ccccc1. The number of hydrogen-bond donors (Lipinski definition) is 1. The van der Waals surface area contributed by atoms with E-state index in [1.165, 1.54) is 5.56 Å². The number of aliphatic hydroxyl groups excluding tert-OH is 1. The second-order valence-corrected chi connectivity index (χ2v) is 5.34. The number of rotatable bonds is 5. The Morgan fingerprint density at radius 2 is 2.12 bits per heavy atom. The number of carbonyl (C=O) groups excluding carboxylic acids is 1. The Balaban J connectivity index is 1.65. The molecule has 1 aliphatic heterocycles. The molecule has 0 saturated carbocycles. The van der Waals surface area contributed by atoms with Crippen LogP contribution in [0.1, 0.15) is 12.0 Å². The molecule has 0 bridgehead atoms. The highest BCUT2D eigenvalue weighted by molar-refractivity contribution is 7.98. The van der Waals surface area contributed by atoms with E-state index in [-0.39, 0.29) is 5.91 Å². The summed E-state index contributed by atoms with van der Waals surface area (Å²) in [5, 5.41) is 9.34. The molecule has 1 aromatic carbocycles. The van der Waals surface area contributed by atoms with E-state index in [4.69, 9.17) is 0 Å². The minimum absolute atomic E-state index is 0.0813. The van der Waals surface area contributed by atoms with Gasteiger partial charge in [-0.2, -0.15) is 11.8 Å². The van der Waals surface area contributed by atoms with E-state index in [0.717, 1.165) is 18.1 Å². The molecule has 0 aromatic heterocycles. The van der Waals surface area contributed by atoms with Crippen LogP contribution in [0.5, 0.6) is 0 Å². The van der Waals surface area contributed by atoms with Crippen molar-refractivity contribution in [2.24, 2.45) is 0 Å². The quantitative estimate of drug-likeness (QED) is 0.807. The van der Waals surface area contributed by atoms with E-state index in [9.17, 15) is 9.90 Å². The summed E-state index contributed by atoms with van der Waals surface area (Å²) in [6, 6.07) is 10.3. The minimum Gasteiger partial charge on any atom is -0.391 e. The predicted octanol–water partition coefficient (Wildman–Crippen LogP) is 1.51. The summed E-state index contributed by atoms with van der Waals surface area (Å²) in [5.41, 5.74) is 1.31. The molecule has 1 amide bonds. The van der Waals surface area contributed by atoms with Gasteiger partial charge in [0.15, 0.2) is 0 Å². The Morgan fingerprint density at radius 1 is 1.35 bits per heavy atom. The zero-order valence-corrected chi connectivity index (χ0v) is 10.5. The van der Waals surface area contributed by atoms with Gasteiger partial charge in [-0.05, 0) is 5.56 Å². The van der Waals surface area contributed by atoms with E-state index >= 15 is 0 Å². The second kappa shape index (κ2) is 6.07. The molecule has 4 heteroatoms. The molecule has 1 atom stereocenters. The Hall–Kier alpha value is -1.00. The smallest absolute Gasteiger partial charge is 0.225 e. The Kier molecular flexibility index (Phi) is 4.45. The molecule has 0 spiro atoms. The van der Waals surface area contributed by atoms with Gasteiger partial charge in [0, 0.05) is 24.6 Å². The van der Waals surface area contributed by atoms with Crippen molar-refractivity contribution in [3.63, 3.8) is 0 Å². The fourth-order valence-electron chi connectivity index (χ4n) is 1.91. The molecular weight excluding hydrogens is 234 g/mol. The van der Waals surface area contributed by atoms with Crippen molar-refractivity contribution in [2.75, 3.05) is 18.8 Å². The molecule has 1 aliphatic rings. The molecule has 17 heavy (non-hydrogen) atoms. The highest BCUT2D eigenvalue weighted by Gasteiger charge is 2.27. The van der Waals surface area contributed by atoms with Gasteiger partial charge in [0.05, 0.1) is 12.5 Å². The number of benzene rings is 1. The molecular formula is C13H17NO2S. The number of nitrogens with zero attached hydrogens (tertiary/aromatic N) is 1. The molecule has 3 nitrogen and oxygen atoms in total. The number of amides is 1. The highest BCUT2D eigenvalue weighted by atomic mass is 32.2. The lowest BCUT2D eigenvalue weighted by Crippen LogP contribution is -2.28. The second-order valence-electron chi connectivity index (χ2n) is 4.24. The summed E-state index contributed by atoms with van der Waals surface area (Å²) in [6.45, 7) is 1.25. The van der Waals surface area contributed by atoms with Crippen LogP contribution in [0, 0.1) is 0 Å². The first-order valence-electron chi connectivity index (χ1n) is 5.83. The van der Waals surface area contributed by atoms with Crippen LogP contribution in [-0.4, -0.2) is 40.9 Å². The number of β-amino-alcohol motifs (C(OH)–C–C–N with tert-alkyl or cyclic N) is 1. The van der Waals surface area contributed by atoms with Gasteiger partial charge in [0.25, 0.3) is 0 Å². The van der Waals surface area contributed by atoms with Gasteiger partial charge >= 0.3 is 0 Å². The maximum Gasteiger partial charge on any atom is 0.225 e. The number of hydrogen-bond acceptors (Lipinski definition) is 3. The zero-order chi connectivity index (χ0) is 12.1. The molecule has 0 aliphatic carbocycles. The van der Waals surface area contributed by atoms with E-state index in [1.54, 1.807) is 4.90 Å². The van der Waals surface area contributed by atoms with E-state index in [1.807, 2.05) is 30.0 Å². The van der Waals surface area contributed by atoms with E-state index in [0.29, 0.717) is 13.0 Å². The molecule has 0 radical (unpaired) electrons. The third-order valence-electron chi connectivity index (χ3n) is 2.81. The summed E-state index contributed by atoms with van der Waals surface area (Å²) >= 11 is 1.82. The maximum atomic E-state index is 11.4. The Labute approximate surface area is 106 Å². The fraction of sp³-hybridized carbons (Fsp3) is 0.462. The third kappa shape index (κ3) is 3.75. The molecule has 1 fully saturated rings. The van der Waals surface area contributed by atoms with Gasteiger partial charge < -0.3 is 10.0 Å². The summed E-state index contributed by atoms with van der Waals surface area (Å²) in [6.07, 6.45) is -0.162. The summed E-state index contributed by atoms with van der Waals surface area (Å²) in [7, 11) is 0. The van der Waals surface area contributed by atoms with E-state index < -0.39 is 6.10 Å². The fourth-order valence-corrected chi connectivity index (χ4v) is 2.83. The van der Waals surface area contributed by atoms with Gasteiger partial charge in [0.1, 0.15) is 0 Å². The molecule has 1 heterocycles. The van der Waals surface area contributed by atoms with Crippen molar-refractivity contribution in [2.45, 2.75) is 18.3 Å². The lowest BCUT2D eigenvalue weighted by Gasteiger charge is -2.14. The van der Waals surface area contributed by atoms with Crippen molar-refractivity contribution in [1.29, 1.82) is 0 Å². The van der Waals surface area contributed by atoms with Crippen molar-refractivity contribution >= 4 is 17.7 Å². The topological polar surface area (TPSA) is 40.5 Å². The minimum atomic E-state index is -0.457. The van der Waals surface area contributed by atoms with Crippen LogP contribution in [0.3, 0.4) is 0 Å². The number of carbonyl (C=O) groups is 1. The van der Waals surface area contributed by atoms with Crippen molar-refractivity contribution < 1.29 is 9.90 Å². The van der Waals surface area contributed by atoms with Crippen LogP contribution in [0.2, 0.25) is 0 Å². The predicted molar refractivity (Wildman–Crippen MR) is 69.8 cm³/mol. The lowest BCUT2D eigenvalue weighted by molar-refractivity contribution is -0.127. The molecule has 1 saturated heterocycles. The Bertz CT molecular complexity index is 369. The van der Waals surface area contributed by atoms with Gasteiger partial charge in [-0.25, -0.2) is 0 Å². The molecule has 1 unspecified atom stereocenters. The Morgan fingerprint density at radius 3 is 2.76 bits per heavy atom. The summed E-state index contributed by atoms with van der Waals surface area (Å²) in [5.74, 6) is 1.98. The monoisotopic (exact) mass is 251 g/mol. The van der Waals surface area contributed by atoms with Gasteiger partial charge in [-0.1, -0.05) is 30.3 Å². The van der Waals surface area contributed by atoms with Gasteiger partial charge in [-0.3, -0.25) is 4.79 Å². The van der Waals surface area contributed by atoms with Crippen LogP contribution in [0.4, 0.5) is 0 Å². The molecule has 1 N–H and O–H groups in total. The third-order valence-corrected chi connectivity index (χ3v) is 3.82. The average Bonchev–Trinajstić information content (AvgIpc) is 2.65. The number of likely N-dealkylation sites (tertiary alicyclic amines) is 1. The first kappa shape index (κ1) is 12.5. The van der Waals surface area contributed by atoms with Crippen molar-refractivity contribution in [3.05, 3.63) is 35.9 Å². The summed E-state index contributed by atoms with van der Waals surface area (Å²) < 4.78 is 0. The maximum absolute atomic E-state index is 11.4. The van der Waals surface area contributed by atoms with Gasteiger partial charge in [0.2, 0.25) is 5.91 Å². The van der Waals surface area contributed by atoms with E-state index in [2.05, 4.69) is 12.1 Å². The van der Waals surface area contributed by atoms with Crippen LogP contribution in [-0.2, 0) is 10.5 Å². The molecule has 2 rings (SSSR count). The number of aliphatic hydroxyl groups is 1. The van der Waals surface area contributed by atoms with Crippen LogP contribution >= 0.6 is 11.8 Å². The first-order valence-corrected chi connectivity index (χ1v) is 6.98. The van der Waals surface area contributed by atoms with Crippen molar-refractivity contribution in [3.8, 4) is 0 Å². The largest absolute Gasteiger partial charge is 0.391 e. The van der Waals surface area contributed by atoms with Crippen LogP contribution in [0.15, 0.2) is 30.3 Å². The highest BCUT2D eigenvalue weighted by Crippen LogP contribution is 2.15. The van der Waals surface area contributed by atoms with Crippen LogP contribution < -0.4 is 0 Å². The van der Waals surface area contributed by atoms with Crippen LogP contribution in [0.25, 0.3) is 0 Å². The molecule has 1 aromatic rings. The van der Waals surface area contributed by atoms with Crippen molar-refractivity contribution in [1.82, 2.24) is 4.90 Å². The molecule has 92 valence electrons. The summed E-state index contributed by atoms with van der Waals surface area (Å²) in [4.78, 5) is 13.2. The zero-order valence-electron chi connectivity index (χ0n) is 9.71. The standard InChI is InChI=1S/C13H17NO2S/c15-12-8-13(16)14(9-12)6-7-17-10-11-4-2-1-3-5-11/h1-5,12,15H,6-10H2. The average molecular weight is 251 g/mol. The normalized spacial score (nSPS) is 19.9. The lowest BCUT2D eigenvalue weighted by atomic mass is 10.2. The first-order chi connectivity index (χ1) is 8.25.